The number of hydrogen-bond acceptors (Lipinski definition) is 4. The number of nitrogens with zero attached hydrogens (tertiary/aromatic N) is 3. The van der Waals surface area contributed by atoms with E-state index in [1.807, 2.05) is 97.1 Å². The van der Waals surface area contributed by atoms with Crippen molar-refractivity contribution >= 4 is 88.5 Å². The second kappa shape index (κ2) is 15.2. The molecule has 9 heteroatoms. The molecule has 60 heavy (non-hydrogen) atoms. The molecule has 0 aliphatic carbocycles. The lowest BCUT2D eigenvalue weighted by molar-refractivity contribution is 0.670. The maximum absolute atomic E-state index is 6.58. The number of hydrogen-bond donors (Lipinski definition) is 0. The first-order chi connectivity index (χ1) is 29.3. The van der Waals surface area contributed by atoms with Crippen molar-refractivity contribution < 1.29 is 4.42 Å². The van der Waals surface area contributed by atoms with Gasteiger partial charge in [-0.15, -0.1) is 16.4 Å². The predicted molar refractivity (Wildman–Crippen MR) is 252 cm³/mol. The topological polar surface area (TPSA) is 51.8 Å². The Labute approximate surface area is 354 Å². The summed E-state index contributed by atoms with van der Waals surface area (Å²) in [7, 11) is 30.9. The van der Waals surface area contributed by atoms with E-state index in [0.29, 0.717) is 34.0 Å². The molecule has 10 aromatic rings. The van der Waals surface area contributed by atoms with E-state index in [1.54, 1.807) is 0 Å². The second-order valence-electron chi connectivity index (χ2n) is 14.7. The quantitative estimate of drug-likeness (QED) is 0.159. The second-order valence-corrected chi connectivity index (χ2v) is 14.7. The van der Waals surface area contributed by atoms with Crippen LogP contribution >= 0.6 is 0 Å². The van der Waals surface area contributed by atoms with Gasteiger partial charge in [-0.3, -0.25) is 0 Å². The zero-order chi connectivity index (χ0) is 40.9. The molecule has 10 rings (SSSR count). The molecule has 0 atom stereocenters. The van der Waals surface area contributed by atoms with Crippen LogP contribution in [0.5, 0.6) is 0 Å². The van der Waals surface area contributed by atoms with Crippen LogP contribution in [0, 0.1) is 0 Å². The van der Waals surface area contributed by atoms with Crippen molar-refractivity contribution in [1.82, 2.24) is 15.0 Å². The van der Waals surface area contributed by atoms with Gasteiger partial charge in [0.1, 0.15) is 50.4 Å². The molecule has 8 aromatic carbocycles. The predicted octanol–water partition coefficient (Wildman–Crippen LogP) is 7.41. The molecule has 0 aliphatic heterocycles. The average molecular weight is 753 g/mol. The standard InChI is InChI=1S/C51H28B5N3O/c52-43-42(44(53)46(55)47(56)45(43)54)33-23-19-31(20-24-33)30-17-21-32(22-18-30)38-15-8-16-39-40-28-37(25-26-41(40)60-48(38)39)51-58-49(34-11-5-2-6-12-34)57-50(59-51)36-14-7-13-35(27-36)29-9-3-1-4-10-29/h1-28H. The first-order valence-electron chi connectivity index (χ1n) is 19.5. The van der Waals surface area contributed by atoms with E-state index in [9.17, 15) is 0 Å². The van der Waals surface area contributed by atoms with Gasteiger partial charge in [0.05, 0.1) is 0 Å². The van der Waals surface area contributed by atoms with Crippen LogP contribution in [-0.2, 0) is 0 Å². The molecule has 0 aliphatic rings. The van der Waals surface area contributed by atoms with Crippen molar-refractivity contribution in [3.63, 3.8) is 0 Å². The Kier molecular flexibility index (Phi) is 9.45. The summed E-state index contributed by atoms with van der Waals surface area (Å²) in [4.78, 5) is 15.0. The Morgan fingerprint density at radius 3 is 1.40 bits per heavy atom. The number of para-hydroxylation sites is 1. The molecule has 10 radical (unpaired) electrons. The van der Waals surface area contributed by atoms with E-state index in [-0.39, 0.29) is 16.4 Å². The lowest BCUT2D eigenvalue weighted by atomic mass is 9.59. The summed E-state index contributed by atoms with van der Waals surface area (Å²) in [6.07, 6.45) is 0. The first kappa shape index (κ1) is 37.2. The Bertz CT molecular complexity index is 3210. The van der Waals surface area contributed by atoms with E-state index in [1.165, 1.54) is 0 Å². The maximum atomic E-state index is 6.58. The van der Waals surface area contributed by atoms with Crippen LogP contribution in [0.15, 0.2) is 174 Å². The third-order valence-corrected chi connectivity index (χ3v) is 11.1. The number of furan rings is 1. The Balaban J connectivity index is 0.994. The zero-order valence-electron chi connectivity index (χ0n) is 32.3. The molecular weight excluding hydrogens is 725 g/mol. The summed E-state index contributed by atoms with van der Waals surface area (Å²) in [5.41, 5.74) is 13.2. The van der Waals surface area contributed by atoms with Crippen LogP contribution in [0.2, 0.25) is 0 Å². The molecule has 0 unspecified atom stereocenters. The van der Waals surface area contributed by atoms with E-state index in [2.05, 4.69) is 72.8 Å². The van der Waals surface area contributed by atoms with Crippen molar-refractivity contribution in [1.29, 1.82) is 0 Å². The minimum absolute atomic E-state index is 0.196. The third-order valence-electron chi connectivity index (χ3n) is 11.1. The van der Waals surface area contributed by atoms with Crippen molar-refractivity contribution in [3.8, 4) is 78.7 Å². The SMILES string of the molecule is [B]c1c([B])c([B])c(-c2ccc(-c3ccc(-c4cccc5c4oc4ccc(-c6nc(-c7ccccc7)nc(-c7cccc(-c8ccccc8)c7)n6)cc45)cc3)cc2)c([B])c1[B]. The van der Waals surface area contributed by atoms with Crippen molar-refractivity contribution in [2.45, 2.75) is 0 Å². The van der Waals surface area contributed by atoms with Gasteiger partial charge in [0.15, 0.2) is 17.5 Å². The number of benzene rings is 8. The molecule has 0 amide bonds. The van der Waals surface area contributed by atoms with Gasteiger partial charge in [-0.25, -0.2) is 15.0 Å². The van der Waals surface area contributed by atoms with Crippen molar-refractivity contribution in [2.24, 2.45) is 0 Å². The van der Waals surface area contributed by atoms with Gasteiger partial charge in [0, 0.05) is 33.0 Å². The van der Waals surface area contributed by atoms with Crippen molar-refractivity contribution in [2.75, 3.05) is 0 Å². The van der Waals surface area contributed by atoms with Crippen LogP contribution in [0.3, 0.4) is 0 Å². The summed E-state index contributed by atoms with van der Waals surface area (Å²) in [5, 5.41) is 1.97. The molecule has 0 N–H and O–H groups in total. The third kappa shape index (κ3) is 6.66. The lowest BCUT2D eigenvalue weighted by Gasteiger charge is -2.21. The zero-order valence-corrected chi connectivity index (χ0v) is 32.3. The van der Waals surface area contributed by atoms with Crippen LogP contribution < -0.4 is 27.3 Å². The summed E-state index contributed by atoms with van der Waals surface area (Å²) < 4.78 is 6.58. The van der Waals surface area contributed by atoms with Crippen LogP contribution in [-0.4, -0.2) is 54.2 Å². The summed E-state index contributed by atoms with van der Waals surface area (Å²) in [5.74, 6) is 1.78. The molecule has 2 heterocycles. The number of fused-ring (bicyclic) bond motifs is 3. The Hall–Kier alpha value is -7.11. The van der Waals surface area contributed by atoms with E-state index in [0.717, 1.165) is 77.6 Å². The summed E-state index contributed by atoms with van der Waals surface area (Å²) in [6.45, 7) is 0. The molecule has 0 fully saturated rings. The summed E-state index contributed by atoms with van der Waals surface area (Å²) in [6, 6.07) is 57.4. The smallest absolute Gasteiger partial charge is 0.164 e. The fourth-order valence-corrected chi connectivity index (χ4v) is 7.82. The van der Waals surface area contributed by atoms with Crippen LogP contribution in [0.4, 0.5) is 0 Å². The number of aromatic nitrogens is 3. The van der Waals surface area contributed by atoms with Crippen LogP contribution in [0.25, 0.3) is 101 Å². The Morgan fingerprint density at radius 1 is 0.317 bits per heavy atom. The van der Waals surface area contributed by atoms with Gasteiger partial charge in [-0.2, -0.15) is 0 Å². The van der Waals surface area contributed by atoms with Gasteiger partial charge >= 0.3 is 0 Å². The van der Waals surface area contributed by atoms with Gasteiger partial charge in [-0.05, 0) is 63.2 Å². The molecule has 0 spiro atoms. The van der Waals surface area contributed by atoms with E-state index < -0.39 is 0 Å². The normalized spacial score (nSPS) is 11.3. The molecule has 268 valence electrons. The molecule has 4 nitrogen and oxygen atoms in total. The highest BCUT2D eigenvalue weighted by molar-refractivity contribution is 6.68. The molecule has 0 saturated heterocycles. The van der Waals surface area contributed by atoms with Crippen molar-refractivity contribution in [3.05, 3.63) is 170 Å². The van der Waals surface area contributed by atoms with Crippen LogP contribution in [0.1, 0.15) is 0 Å². The van der Waals surface area contributed by atoms with Gasteiger partial charge in [-0.1, -0.05) is 157 Å². The molecule has 0 bridgehead atoms. The molecular formula is C51H28B5N3O. The minimum Gasteiger partial charge on any atom is -0.455 e. The highest BCUT2D eigenvalue weighted by Crippen LogP contribution is 2.38. The highest BCUT2D eigenvalue weighted by Gasteiger charge is 2.18. The van der Waals surface area contributed by atoms with Gasteiger partial charge in [0.25, 0.3) is 0 Å². The fourth-order valence-electron chi connectivity index (χ4n) is 7.82. The van der Waals surface area contributed by atoms with E-state index >= 15 is 0 Å². The first-order valence-corrected chi connectivity index (χ1v) is 19.5. The van der Waals surface area contributed by atoms with Gasteiger partial charge < -0.3 is 4.42 Å². The lowest BCUT2D eigenvalue weighted by Crippen LogP contribution is -2.55. The number of rotatable bonds is 7. The molecule has 2 aromatic heterocycles. The summed E-state index contributed by atoms with van der Waals surface area (Å²) >= 11 is 0. The fraction of sp³-hybridized carbons (Fsp3) is 0. The average Bonchev–Trinajstić information content (AvgIpc) is 3.69. The highest BCUT2D eigenvalue weighted by atomic mass is 16.3. The minimum atomic E-state index is 0.196. The van der Waals surface area contributed by atoms with Gasteiger partial charge in [0.2, 0.25) is 0 Å². The Morgan fingerprint density at radius 2 is 0.767 bits per heavy atom. The monoisotopic (exact) mass is 753 g/mol. The molecule has 0 saturated carbocycles. The maximum Gasteiger partial charge on any atom is 0.164 e. The van der Waals surface area contributed by atoms with E-state index in [4.69, 9.17) is 58.6 Å². The largest absolute Gasteiger partial charge is 0.455 e.